The third kappa shape index (κ3) is 3.78. The van der Waals surface area contributed by atoms with Crippen LogP contribution in [0.1, 0.15) is 22.3 Å². The number of benzene rings is 2. The van der Waals surface area contributed by atoms with Crippen LogP contribution < -0.4 is 9.80 Å². The Labute approximate surface area is 170 Å². The van der Waals surface area contributed by atoms with Crippen LogP contribution in [-0.4, -0.2) is 31.3 Å². The van der Waals surface area contributed by atoms with Crippen LogP contribution in [0, 0.1) is 33.8 Å². The topological polar surface area (TPSA) is 26.7 Å². The normalized spacial score (nSPS) is 14.5. The molecule has 0 amide bonds. The summed E-state index contributed by atoms with van der Waals surface area (Å²) in [4.78, 5) is 4.87. The molecule has 1 saturated heterocycles. The Morgan fingerprint density at radius 1 is 0.917 bits per heavy atom. The fourth-order valence-corrected chi connectivity index (χ4v) is 3.33. The van der Waals surface area contributed by atoms with E-state index in [1.165, 1.54) is 22.5 Å². The first-order chi connectivity index (χ1) is 11.0. The zero-order chi connectivity index (χ0) is 16.6. The van der Waals surface area contributed by atoms with E-state index in [4.69, 9.17) is 0 Å². The summed E-state index contributed by atoms with van der Waals surface area (Å²) in [5.74, 6) is 0.416. The number of piperazine rings is 1. The van der Waals surface area contributed by atoms with Crippen LogP contribution in [0.3, 0.4) is 0 Å². The van der Waals surface area contributed by atoms with E-state index >= 15 is 0 Å². The molecule has 1 N–H and O–H groups in total. The molecule has 0 spiro atoms. The maximum atomic E-state index is 9.95. The molecule has 0 atom stereocenters. The second-order valence-corrected chi connectivity index (χ2v) is 6.52. The van der Waals surface area contributed by atoms with Crippen LogP contribution in [0.25, 0.3) is 0 Å². The van der Waals surface area contributed by atoms with E-state index < -0.39 is 0 Å². The predicted octanol–water partition coefficient (Wildman–Crippen LogP) is 3.75. The summed E-state index contributed by atoms with van der Waals surface area (Å²) in [5, 5.41) is 9.95. The molecule has 1 heterocycles. The molecule has 2 aromatic carbocycles. The Morgan fingerprint density at radius 2 is 1.46 bits per heavy atom. The summed E-state index contributed by atoms with van der Waals surface area (Å²) in [6.45, 7) is 12.3. The van der Waals surface area contributed by atoms with Gasteiger partial charge >= 0.3 is 32.7 Å². The van der Waals surface area contributed by atoms with Gasteiger partial charge in [0, 0.05) is 31.9 Å². The summed E-state index contributed by atoms with van der Waals surface area (Å²) in [5.41, 5.74) is 7.01. The number of aromatic hydroxyl groups is 1. The fraction of sp³-hybridized carbons (Fsp3) is 0.400. The van der Waals surface area contributed by atoms with E-state index in [2.05, 4.69) is 47.9 Å². The van der Waals surface area contributed by atoms with Gasteiger partial charge in [0.2, 0.25) is 0 Å². The molecular formula is C20H25N2OY+2. The Balaban J connectivity index is 0.00000208. The molecule has 3 rings (SSSR count). The number of aryl methyl sites for hydroxylation is 3. The quantitative estimate of drug-likeness (QED) is 0.781. The van der Waals surface area contributed by atoms with Gasteiger partial charge in [-0.25, -0.2) is 0 Å². The van der Waals surface area contributed by atoms with Crippen LogP contribution in [-0.2, 0) is 32.7 Å². The van der Waals surface area contributed by atoms with Crippen molar-refractivity contribution in [2.24, 2.45) is 0 Å². The van der Waals surface area contributed by atoms with Crippen molar-refractivity contribution in [3.63, 3.8) is 0 Å². The Morgan fingerprint density at radius 3 is 2.04 bits per heavy atom. The number of phenolic OH excluding ortho intramolecular Hbond substituents is 1. The molecular weight excluding hydrogens is 373 g/mol. The van der Waals surface area contributed by atoms with Crippen LogP contribution in [0.4, 0.5) is 11.4 Å². The smallest absolute Gasteiger partial charge is 0.507 e. The van der Waals surface area contributed by atoms with E-state index in [0.29, 0.717) is 5.75 Å². The average molecular weight is 398 g/mol. The Kier molecular flexibility index (Phi) is 6.33. The number of nitrogens with zero attached hydrogens (tertiary/aromatic N) is 2. The molecule has 3 nitrogen and oxygen atoms in total. The fourth-order valence-electron chi connectivity index (χ4n) is 3.33. The van der Waals surface area contributed by atoms with Crippen molar-refractivity contribution in [1.82, 2.24) is 0 Å². The van der Waals surface area contributed by atoms with E-state index in [9.17, 15) is 5.11 Å². The molecule has 0 unspecified atom stereocenters. The van der Waals surface area contributed by atoms with E-state index in [-0.39, 0.29) is 32.7 Å². The van der Waals surface area contributed by atoms with Gasteiger partial charge < -0.3 is 14.9 Å². The van der Waals surface area contributed by atoms with E-state index in [1.54, 1.807) is 0 Å². The minimum absolute atomic E-state index is 0. The summed E-state index contributed by atoms with van der Waals surface area (Å²) in [7, 11) is 0. The second-order valence-electron chi connectivity index (χ2n) is 6.52. The second kappa shape index (κ2) is 7.88. The van der Waals surface area contributed by atoms with Crippen molar-refractivity contribution in [2.45, 2.75) is 27.7 Å². The van der Waals surface area contributed by atoms with Gasteiger partial charge in [-0.1, -0.05) is 19.5 Å². The van der Waals surface area contributed by atoms with Gasteiger partial charge in [0.05, 0.1) is 0 Å². The van der Waals surface area contributed by atoms with Crippen molar-refractivity contribution >= 4 is 11.4 Å². The molecule has 0 aliphatic carbocycles. The maximum Gasteiger partial charge on any atom is 3.00 e. The average Bonchev–Trinajstić information content (AvgIpc) is 2.55. The number of hydrogen-bond donors (Lipinski definition) is 1. The van der Waals surface area contributed by atoms with Crippen molar-refractivity contribution in [3.05, 3.63) is 52.6 Å². The molecule has 1 fully saturated rings. The van der Waals surface area contributed by atoms with Crippen LogP contribution in [0.5, 0.6) is 5.75 Å². The van der Waals surface area contributed by atoms with Gasteiger partial charge in [0.15, 0.2) is 0 Å². The van der Waals surface area contributed by atoms with Crippen molar-refractivity contribution in [1.29, 1.82) is 0 Å². The number of phenols is 1. The van der Waals surface area contributed by atoms with Gasteiger partial charge in [0.1, 0.15) is 5.75 Å². The molecule has 4 heteroatoms. The van der Waals surface area contributed by atoms with Crippen LogP contribution in [0.2, 0.25) is 0 Å². The first-order valence-corrected chi connectivity index (χ1v) is 8.25. The largest absolute Gasteiger partial charge is 3.00 e. The molecule has 1 aliphatic rings. The molecule has 2 aromatic rings. The minimum Gasteiger partial charge on any atom is -0.507 e. The maximum absolute atomic E-state index is 9.95. The van der Waals surface area contributed by atoms with Crippen LogP contribution in [0.15, 0.2) is 24.3 Å². The number of rotatable bonds is 2. The predicted molar refractivity (Wildman–Crippen MR) is 96.8 cm³/mol. The van der Waals surface area contributed by atoms with Crippen molar-refractivity contribution in [3.8, 4) is 5.75 Å². The first-order valence-electron chi connectivity index (χ1n) is 8.25. The zero-order valence-corrected chi connectivity index (χ0v) is 17.9. The Bertz CT molecular complexity index is 699. The van der Waals surface area contributed by atoms with Gasteiger partial charge in [-0.15, -0.1) is 11.6 Å². The van der Waals surface area contributed by atoms with Gasteiger partial charge in [0.25, 0.3) is 0 Å². The standard InChI is InChI=1S/C20H25N2O.Y/c1-14-6-5-7-19(17(14)4)22-10-8-21(9-11-22)18-12-15(2)20(23)16(3)13-18;/h5,7,12-13,23H,8-11H2,1-4H3;/q-1;+3. The summed E-state index contributed by atoms with van der Waals surface area (Å²) >= 11 is 0. The van der Waals surface area contributed by atoms with Crippen molar-refractivity contribution < 1.29 is 37.8 Å². The third-order valence-corrected chi connectivity index (χ3v) is 4.95. The molecule has 0 aromatic heterocycles. The summed E-state index contributed by atoms with van der Waals surface area (Å²) in [6, 6.07) is 11.6. The van der Waals surface area contributed by atoms with Gasteiger partial charge in [-0.05, 0) is 37.1 Å². The number of anilines is 2. The SMILES string of the molecule is Cc1[c-]ccc(N2CCN(c3cc(C)c(O)c(C)c3)CC2)c1C.[Y+3]. The molecule has 122 valence electrons. The van der Waals surface area contributed by atoms with Gasteiger partial charge in [-0.2, -0.15) is 17.7 Å². The molecule has 0 saturated carbocycles. The summed E-state index contributed by atoms with van der Waals surface area (Å²) in [6.07, 6.45) is 0. The third-order valence-electron chi connectivity index (χ3n) is 4.95. The zero-order valence-electron chi connectivity index (χ0n) is 15.1. The van der Waals surface area contributed by atoms with E-state index in [0.717, 1.165) is 37.3 Å². The van der Waals surface area contributed by atoms with Crippen molar-refractivity contribution in [2.75, 3.05) is 36.0 Å². The van der Waals surface area contributed by atoms with Crippen LogP contribution >= 0.6 is 0 Å². The molecule has 0 bridgehead atoms. The molecule has 0 radical (unpaired) electrons. The van der Waals surface area contributed by atoms with E-state index in [1.807, 2.05) is 19.9 Å². The summed E-state index contributed by atoms with van der Waals surface area (Å²) < 4.78 is 0. The Hall–Kier alpha value is -1.06. The molecule has 24 heavy (non-hydrogen) atoms. The monoisotopic (exact) mass is 398 g/mol. The number of hydrogen-bond acceptors (Lipinski definition) is 3. The van der Waals surface area contributed by atoms with Gasteiger partial charge in [-0.3, -0.25) is 0 Å². The molecule has 1 aliphatic heterocycles. The minimum atomic E-state index is 0. The first kappa shape index (κ1) is 19.3.